The summed E-state index contributed by atoms with van der Waals surface area (Å²) in [5.74, 6) is 1.05. The summed E-state index contributed by atoms with van der Waals surface area (Å²) in [7, 11) is 2.05. The van der Waals surface area contributed by atoms with Gasteiger partial charge in [0, 0.05) is 31.9 Å². The summed E-state index contributed by atoms with van der Waals surface area (Å²) in [4.78, 5) is 6.49. The fourth-order valence-electron chi connectivity index (χ4n) is 1.85. The highest BCUT2D eigenvalue weighted by Gasteiger charge is 2.18. The van der Waals surface area contributed by atoms with Gasteiger partial charge in [-0.15, -0.1) is 0 Å². The van der Waals surface area contributed by atoms with E-state index in [2.05, 4.69) is 21.4 Å². The third-order valence-corrected chi connectivity index (χ3v) is 2.61. The van der Waals surface area contributed by atoms with Crippen molar-refractivity contribution in [3.05, 3.63) is 11.9 Å². The largest absolute Gasteiger partial charge is 0.344 e. The average Bonchev–Trinajstić information content (AvgIpc) is 2.36. The summed E-state index contributed by atoms with van der Waals surface area (Å²) in [5.41, 5.74) is 7.15. The first-order valence-electron chi connectivity index (χ1n) is 4.67. The van der Waals surface area contributed by atoms with E-state index in [1.165, 1.54) is 5.69 Å². The minimum absolute atomic E-state index is 0.270. The Kier molecular flexibility index (Phi) is 2.00. The molecule has 72 valence electrons. The van der Waals surface area contributed by atoms with Gasteiger partial charge in [0.05, 0.1) is 6.20 Å². The minimum Gasteiger partial charge on any atom is -0.344 e. The number of aromatic nitrogens is 2. The number of hydrogen-bond acceptors (Lipinski definition) is 3. The van der Waals surface area contributed by atoms with Crippen LogP contribution in [-0.4, -0.2) is 29.2 Å². The number of rotatable bonds is 0. The van der Waals surface area contributed by atoms with Crippen LogP contribution in [-0.2, 0) is 6.54 Å². The molecule has 0 amide bonds. The van der Waals surface area contributed by atoms with E-state index in [1.807, 2.05) is 13.2 Å². The van der Waals surface area contributed by atoms with Crippen LogP contribution in [0.25, 0.3) is 0 Å². The Balaban J connectivity index is 2.36. The summed E-state index contributed by atoms with van der Waals surface area (Å²) < 4.78 is 2.23. The topological polar surface area (TPSA) is 47.1 Å². The zero-order chi connectivity index (χ0) is 9.42. The van der Waals surface area contributed by atoms with Crippen molar-refractivity contribution in [3.8, 4) is 0 Å². The van der Waals surface area contributed by atoms with Gasteiger partial charge in [-0.05, 0) is 13.3 Å². The third kappa shape index (κ3) is 1.42. The maximum absolute atomic E-state index is 5.93. The van der Waals surface area contributed by atoms with Gasteiger partial charge in [-0.2, -0.15) is 0 Å². The molecule has 0 bridgehead atoms. The van der Waals surface area contributed by atoms with Gasteiger partial charge in [-0.1, -0.05) is 0 Å². The Morgan fingerprint density at radius 3 is 3.15 bits per heavy atom. The van der Waals surface area contributed by atoms with E-state index in [9.17, 15) is 0 Å². The smallest absolute Gasteiger partial charge is 0.205 e. The second-order valence-electron chi connectivity index (χ2n) is 3.78. The molecular formula is C9H16N4. The zero-order valence-electron chi connectivity index (χ0n) is 8.20. The molecule has 1 aromatic heterocycles. The van der Waals surface area contributed by atoms with Crippen LogP contribution >= 0.6 is 0 Å². The van der Waals surface area contributed by atoms with Gasteiger partial charge in [-0.3, -0.25) is 0 Å². The molecule has 13 heavy (non-hydrogen) atoms. The van der Waals surface area contributed by atoms with Crippen LogP contribution < -0.4 is 10.6 Å². The molecule has 0 fully saturated rings. The van der Waals surface area contributed by atoms with Gasteiger partial charge < -0.3 is 15.2 Å². The van der Waals surface area contributed by atoms with E-state index in [0.717, 1.165) is 25.5 Å². The van der Waals surface area contributed by atoms with Gasteiger partial charge in [0.25, 0.3) is 0 Å². The monoisotopic (exact) mass is 180 g/mol. The number of likely N-dealkylation sites (N-methyl/N-ethyl adjacent to an activating group) is 1. The quantitative estimate of drug-likeness (QED) is 0.627. The maximum Gasteiger partial charge on any atom is 0.205 e. The van der Waals surface area contributed by atoms with Crippen molar-refractivity contribution < 1.29 is 0 Å². The molecule has 0 aliphatic carbocycles. The first-order chi connectivity index (χ1) is 6.18. The van der Waals surface area contributed by atoms with Crippen LogP contribution in [0.1, 0.15) is 12.1 Å². The predicted octanol–water partition coefficient (Wildman–Crippen LogP) is 0.359. The van der Waals surface area contributed by atoms with Crippen molar-refractivity contribution in [1.29, 1.82) is 0 Å². The van der Waals surface area contributed by atoms with Gasteiger partial charge in [0.2, 0.25) is 5.95 Å². The second-order valence-corrected chi connectivity index (χ2v) is 3.78. The lowest BCUT2D eigenvalue weighted by Crippen LogP contribution is -2.34. The number of nitrogens with two attached hydrogens (primary N) is 1. The number of aryl methyl sites for hydroxylation is 1. The standard InChI is InChI=1S/C9H16N4/c1-7-5-11-9-12(2)6-8(10)3-4-13(7)9/h5,8H,3-4,6,10H2,1-2H3. The van der Waals surface area contributed by atoms with E-state index in [-0.39, 0.29) is 6.04 Å². The molecule has 1 aromatic rings. The van der Waals surface area contributed by atoms with Crippen LogP contribution in [0.5, 0.6) is 0 Å². The molecule has 1 unspecified atom stereocenters. The van der Waals surface area contributed by atoms with E-state index >= 15 is 0 Å². The highest BCUT2D eigenvalue weighted by atomic mass is 15.3. The summed E-state index contributed by atoms with van der Waals surface area (Å²) in [6.45, 7) is 3.98. The Morgan fingerprint density at radius 1 is 1.62 bits per heavy atom. The fourth-order valence-corrected chi connectivity index (χ4v) is 1.85. The number of nitrogens with zero attached hydrogens (tertiary/aromatic N) is 3. The van der Waals surface area contributed by atoms with E-state index in [0.29, 0.717) is 0 Å². The zero-order valence-corrected chi connectivity index (χ0v) is 8.20. The Labute approximate surface area is 78.4 Å². The van der Waals surface area contributed by atoms with Crippen LogP contribution in [0.2, 0.25) is 0 Å². The Hall–Kier alpha value is -1.03. The average molecular weight is 180 g/mol. The van der Waals surface area contributed by atoms with E-state index in [4.69, 9.17) is 5.73 Å². The second kappa shape index (κ2) is 3.03. The highest BCUT2D eigenvalue weighted by molar-refractivity contribution is 5.33. The normalized spacial score (nSPS) is 22.7. The molecule has 4 nitrogen and oxygen atoms in total. The van der Waals surface area contributed by atoms with Crippen molar-refractivity contribution in [2.24, 2.45) is 5.73 Å². The van der Waals surface area contributed by atoms with Crippen molar-refractivity contribution >= 4 is 5.95 Å². The van der Waals surface area contributed by atoms with Crippen molar-refractivity contribution in [2.75, 3.05) is 18.5 Å². The number of anilines is 1. The van der Waals surface area contributed by atoms with Crippen LogP contribution in [0.4, 0.5) is 5.95 Å². The molecule has 0 spiro atoms. The molecule has 1 aliphatic heterocycles. The molecule has 0 saturated heterocycles. The molecule has 0 radical (unpaired) electrons. The van der Waals surface area contributed by atoms with E-state index in [1.54, 1.807) is 0 Å². The lowest BCUT2D eigenvalue weighted by atomic mass is 10.2. The van der Waals surface area contributed by atoms with Crippen LogP contribution in [0.15, 0.2) is 6.20 Å². The van der Waals surface area contributed by atoms with Crippen LogP contribution in [0, 0.1) is 6.92 Å². The van der Waals surface area contributed by atoms with Gasteiger partial charge >= 0.3 is 0 Å². The van der Waals surface area contributed by atoms with Crippen LogP contribution in [0.3, 0.4) is 0 Å². The molecule has 2 heterocycles. The van der Waals surface area contributed by atoms with Gasteiger partial charge in [0.1, 0.15) is 0 Å². The fraction of sp³-hybridized carbons (Fsp3) is 0.667. The molecule has 2 N–H and O–H groups in total. The Bertz CT molecular complexity index is 305. The lowest BCUT2D eigenvalue weighted by Gasteiger charge is -2.17. The number of fused-ring (bicyclic) bond motifs is 1. The Morgan fingerprint density at radius 2 is 2.38 bits per heavy atom. The van der Waals surface area contributed by atoms with Crippen molar-refractivity contribution in [3.63, 3.8) is 0 Å². The third-order valence-electron chi connectivity index (χ3n) is 2.61. The molecule has 4 heteroatoms. The minimum atomic E-state index is 0.270. The van der Waals surface area contributed by atoms with Crippen molar-refractivity contribution in [2.45, 2.75) is 25.9 Å². The summed E-state index contributed by atoms with van der Waals surface area (Å²) >= 11 is 0. The SMILES string of the molecule is Cc1cnc2n1CCC(N)CN2C. The van der Waals surface area contributed by atoms with Gasteiger partial charge in [0.15, 0.2) is 0 Å². The maximum atomic E-state index is 5.93. The number of imidazole rings is 1. The summed E-state index contributed by atoms with van der Waals surface area (Å²) in [6.07, 6.45) is 2.96. The molecular weight excluding hydrogens is 164 g/mol. The molecule has 2 rings (SSSR count). The van der Waals surface area contributed by atoms with Gasteiger partial charge in [-0.25, -0.2) is 4.98 Å². The summed E-state index contributed by atoms with van der Waals surface area (Å²) in [6, 6.07) is 0.270. The van der Waals surface area contributed by atoms with Crippen molar-refractivity contribution in [1.82, 2.24) is 9.55 Å². The first-order valence-corrected chi connectivity index (χ1v) is 4.67. The summed E-state index contributed by atoms with van der Waals surface area (Å²) in [5, 5.41) is 0. The first kappa shape index (κ1) is 8.56. The van der Waals surface area contributed by atoms with E-state index < -0.39 is 0 Å². The highest BCUT2D eigenvalue weighted by Crippen LogP contribution is 2.18. The molecule has 1 aliphatic rings. The predicted molar refractivity (Wildman–Crippen MR) is 52.8 cm³/mol. The molecule has 1 atom stereocenters. The number of hydrogen-bond donors (Lipinski definition) is 1. The molecule has 0 saturated carbocycles. The lowest BCUT2D eigenvalue weighted by molar-refractivity contribution is 0.573. The molecule has 0 aromatic carbocycles.